The Bertz CT molecular complexity index is 203. The van der Waals surface area contributed by atoms with Gasteiger partial charge in [-0.05, 0) is 33.2 Å². The molecule has 0 aromatic rings. The minimum atomic E-state index is -0.746. The number of carboxylic acid groups (broad SMARTS) is 1. The molecule has 0 spiro atoms. The molecule has 2 unspecified atom stereocenters. The zero-order valence-electron chi connectivity index (χ0n) is 10.2. The van der Waals surface area contributed by atoms with Crippen LogP contribution < -0.4 is 0 Å². The second kappa shape index (κ2) is 4.78. The van der Waals surface area contributed by atoms with Crippen LogP contribution in [0.5, 0.6) is 0 Å². The van der Waals surface area contributed by atoms with Crippen molar-refractivity contribution in [1.29, 1.82) is 0 Å². The Morgan fingerprint density at radius 3 is 2.07 bits per heavy atom. The van der Waals surface area contributed by atoms with Crippen LogP contribution in [0.1, 0.15) is 41.0 Å². The van der Waals surface area contributed by atoms with Crippen molar-refractivity contribution in [2.75, 3.05) is 7.05 Å². The number of carboxylic acids is 1. The number of carbonyl (C=O) groups is 1. The van der Waals surface area contributed by atoms with Crippen LogP contribution in [0, 0.1) is 5.92 Å². The van der Waals surface area contributed by atoms with Gasteiger partial charge in [0, 0.05) is 6.04 Å². The van der Waals surface area contributed by atoms with Gasteiger partial charge in [-0.3, -0.25) is 9.69 Å². The van der Waals surface area contributed by atoms with Crippen LogP contribution in [0.4, 0.5) is 0 Å². The van der Waals surface area contributed by atoms with Gasteiger partial charge < -0.3 is 5.11 Å². The molecule has 0 aromatic carbocycles. The molecule has 0 saturated carbocycles. The Morgan fingerprint density at radius 2 is 1.86 bits per heavy atom. The van der Waals surface area contributed by atoms with Crippen molar-refractivity contribution in [3.05, 3.63) is 0 Å². The van der Waals surface area contributed by atoms with Gasteiger partial charge in [0.1, 0.15) is 5.54 Å². The van der Waals surface area contributed by atoms with E-state index in [-0.39, 0.29) is 6.04 Å². The maximum Gasteiger partial charge on any atom is 0.323 e. The highest BCUT2D eigenvalue weighted by atomic mass is 16.4. The summed E-state index contributed by atoms with van der Waals surface area (Å²) in [4.78, 5) is 13.1. The highest BCUT2D eigenvalue weighted by Crippen LogP contribution is 2.23. The molecule has 0 bridgehead atoms. The molecule has 0 amide bonds. The van der Waals surface area contributed by atoms with E-state index in [2.05, 4.69) is 20.8 Å². The molecular weight excluding hydrogens is 178 g/mol. The zero-order valence-corrected chi connectivity index (χ0v) is 10.2. The number of likely N-dealkylation sites (N-methyl/N-ethyl adjacent to an activating group) is 1. The van der Waals surface area contributed by atoms with E-state index in [9.17, 15) is 9.90 Å². The van der Waals surface area contributed by atoms with Gasteiger partial charge in [0.15, 0.2) is 0 Å². The standard InChI is InChI=1S/C11H23NO2/c1-7-11(5,10(13)14)12(6)9(4)8(2)3/h8-9H,7H2,1-6H3,(H,13,14). The molecule has 84 valence electrons. The molecule has 0 aliphatic rings. The number of hydrogen-bond donors (Lipinski definition) is 1. The van der Waals surface area contributed by atoms with Crippen LogP contribution in [0.3, 0.4) is 0 Å². The van der Waals surface area contributed by atoms with Crippen molar-refractivity contribution in [1.82, 2.24) is 4.90 Å². The molecule has 3 nitrogen and oxygen atoms in total. The predicted octanol–water partition coefficient (Wildman–Crippen LogP) is 2.22. The first kappa shape index (κ1) is 13.4. The second-order valence-electron chi connectivity index (χ2n) is 4.53. The summed E-state index contributed by atoms with van der Waals surface area (Å²) in [5.74, 6) is -0.278. The van der Waals surface area contributed by atoms with E-state index in [4.69, 9.17) is 0 Å². The molecule has 0 heterocycles. The third kappa shape index (κ3) is 2.47. The Kier molecular flexibility index (Phi) is 4.59. The maximum atomic E-state index is 11.2. The third-order valence-corrected chi connectivity index (χ3v) is 3.50. The fraction of sp³-hybridized carbons (Fsp3) is 0.909. The molecule has 0 aliphatic carbocycles. The lowest BCUT2D eigenvalue weighted by Gasteiger charge is -2.40. The van der Waals surface area contributed by atoms with Gasteiger partial charge in [0.05, 0.1) is 0 Å². The van der Waals surface area contributed by atoms with E-state index in [1.165, 1.54) is 0 Å². The van der Waals surface area contributed by atoms with Crippen LogP contribution >= 0.6 is 0 Å². The fourth-order valence-electron chi connectivity index (χ4n) is 1.45. The van der Waals surface area contributed by atoms with E-state index < -0.39 is 11.5 Å². The molecule has 2 atom stereocenters. The molecule has 0 radical (unpaired) electrons. The lowest BCUT2D eigenvalue weighted by molar-refractivity contribution is -0.151. The molecule has 1 N–H and O–H groups in total. The van der Waals surface area contributed by atoms with Gasteiger partial charge in [-0.25, -0.2) is 0 Å². The van der Waals surface area contributed by atoms with Crippen molar-refractivity contribution in [3.63, 3.8) is 0 Å². The zero-order chi connectivity index (χ0) is 11.5. The lowest BCUT2D eigenvalue weighted by atomic mass is 9.92. The van der Waals surface area contributed by atoms with Crippen LogP contribution in [-0.2, 0) is 4.79 Å². The molecule has 0 fully saturated rings. The molecule has 14 heavy (non-hydrogen) atoms. The Hall–Kier alpha value is -0.570. The predicted molar refractivity (Wildman–Crippen MR) is 58.4 cm³/mol. The molecule has 0 aliphatic heterocycles. The SMILES string of the molecule is CCC(C)(C(=O)O)N(C)C(C)C(C)C. The summed E-state index contributed by atoms with van der Waals surface area (Å²) < 4.78 is 0. The monoisotopic (exact) mass is 201 g/mol. The molecular formula is C11H23NO2. The highest BCUT2D eigenvalue weighted by molar-refractivity contribution is 5.78. The summed E-state index contributed by atoms with van der Waals surface area (Å²) in [6.45, 7) is 9.99. The van der Waals surface area contributed by atoms with Crippen molar-refractivity contribution in [2.24, 2.45) is 5.92 Å². The second-order valence-corrected chi connectivity index (χ2v) is 4.53. The van der Waals surface area contributed by atoms with Crippen LogP contribution in [-0.4, -0.2) is 34.6 Å². The van der Waals surface area contributed by atoms with Crippen molar-refractivity contribution in [3.8, 4) is 0 Å². The lowest BCUT2D eigenvalue weighted by Crippen LogP contribution is -2.54. The van der Waals surface area contributed by atoms with E-state index >= 15 is 0 Å². The van der Waals surface area contributed by atoms with Crippen molar-refractivity contribution < 1.29 is 9.90 Å². The van der Waals surface area contributed by atoms with E-state index in [1.807, 2.05) is 18.9 Å². The smallest absolute Gasteiger partial charge is 0.323 e. The summed E-state index contributed by atoms with van der Waals surface area (Å²) in [5.41, 5.74) is -0.746. The topological polar surface area (TPSA) is 40.5 Å². The first-order valence-electron chi connectivity index (χ1n) is 5.23. The average molecular weight is 201 g/mol. The maximum absolute atomic E-state index is 11.2. The van der Waals surface area contributed by atoms with Crippen LogP contribution in [0.15, 0.2) is 0 Å². The first-order chi connectivity index (χ1) is 6.27. The number of nitrogens with zero attached hydrogens (tertiary/aromatic N) is 1. The summed E-state index contributed by atoms with van der Waals surface area (Å²) in [6, 6.07) is 0.274. The molecule has 0 rings (SSSR count). The van der Waals surface area contributed by atoms with Gasteiger partial charge in [-0.1, -0.05) is 20.8 Å². The Labute approximate surface area is 87.1 Å². The molecule has 0 aromatic heterocycles. The third-order valence-electron chi connectivity index (χ3n) is 3.50. The van der Waals surface area contributed by atoms with Gasteiger partial charge in [-0.15, -0.1) is 0 Å². The number of hydrogen-bond acceptors (Lipinski definition) is 2. The van der Waals surface area contributed by atoms with Crippen molar-refractivity contribution in [2.45, 2.75) is 52.6 Å². The van der Waals surface area contributed by atoms with Gasteiger partial charge in [-0.2, -0.15) is 0 Å². The van der Waals surface area contributed by atoms with E-state index in [1.54, 1.807) is 6.92 Å². The minimum Gasteiger partial charge on any atom is -0.480 e. The largest absolute Gasteiger partial charge is 0.480 e. The van der Waals surface area contributed by atoms with E-state index in [0.717, 1.165) is 0 Å². The average Bonchev–Trinajstić information content (AvgIpc) is 2.13. The minimum absolute atomic E-state index is 0.274. The van der Waals surface area contributed by atoms with Crippen LogP contribution in [0.2, 0.25) is 0 Å². The van der Waals surface area contributed by atoms with Gasteiger partial charge in [0.25, 0.3) is 0 Å². The number of rotatable bonds is 5. The first-order valence-corrected chi connectivity index (χ1v) is 5.23. The Balaban J connectivity index is 4.78. The van der Waals surface area contributed by atoms with Crippen molar-refractivity contribution >= 4 is 5.97 Å². The summed E-state index contributed by atoms with van der Waals surface area (Å²) in [5, 5.41) is 9.19. The van der Waals surface area contributed by atoms with Gasteiger partial charge >= 0.3 is 5.97 Å². The highest BCUT2D eigenvalue weighted by Gasteiger charge is 2.38. The Morgan fingerprint density at radius 1 is 1.43 bits per heavy atom. The summed E-state index contributed by atoms with van der Waals surface area (Å²) >= 11 is 0. The van der Waals surface area contributed by atoms with Gasteiger partial charge in [0.2, 0.25) is 0 Å². The summed E-state index contributed by atoms with van der Waals surface area (Å²) in [6.07, 6.45) is 0.621. The summed E-state index contributed by atoms with van der Waals surface area (Å²) in [7, 11) is 1.89. The molecule has 3 heteroatoms. The molecule has 0 saturated heterocycles. The van der Waals surface area contributed by atoms with Crippen LogP contribution in [0.25, 0.3) is 0 Å². The van der Waals surface area contributed by atoms with E-state index in [0.29, 0.717) is 12.3 Å². The normalized spacial score (nSPS) is 18.3. The fourth-order valence-corrected chi connectivity index (χ4v) is 1.45. The number of aliphatic carboxylic acids is 1. The quantitative estimate of drug-likeness (QED) is 0.741.